The van der Waals surface area contributed by atoms with Crippen LogP contribution in [0.15, 0.2) is 12.1 Å². The van der Waals surface area contributed by atoms with E-state index >= 15 is 0 Å². The van der Waals surface area contributed by atoms with Crippen LogP contribution in [0.3, 0.4) is 0 Å². The molecular weight excluding hydrogens is 160 g/mol. The Morgan fingerprint density at radius 2 is 2.08 bits per heavy atom. The highest BCUT2D eigenvalue weighted by Crippen LogP contribution is 2.32. The average molecular weight is 169 g/mol. The van der Waals surface area contributed by atoms with E-state index < -0.39 is 11.6 Å². The van der Waals surface area contributed by atoms with Crippen molar-refractivity contribution in [1.82, 2.24) is 0 Å². The van der Waals surface area contributed by atoms with Crippen molar-refractivity contribution in [2.24, 2.45) is 5.73 Å². The van der Waals surface area contributed by atoms with Gasteiger partial charge in [0.2, 0.25) is 0 Å². The molecule has 1 aromatic carbocycles. The maximum absolute atomic E-state index is 13.1. The molecule has 0 aromatic heterocycles. The number of rotatable bonds is 0. The molecule has 1 atom stereocenters. The number of hydrogen-bond acceptors (Lipinski definition) is 1. The van der Waals surface area contributed by atoms with Gasteiger partial charge < -0.3 is 5.73 Å². The Kier molecular flexibility index (Phi) is 1.61. The normalized spacial score (nSPS) is 21.1. The Hall–Kier alpha value is -0.960. The Balaban J connectivity index is 2.63. The topological polar surface area (TPSA) is 26.0 Å². The van der Waals surface area contributed by atoms with Crippen LogP contribution in [-0.2, 0) is 6.42 Å². The maximum atomic E-state index is 13.1. The molecule has 3 heteroatoms. The van der Waals surface area contributed by atoms with Gasteiger partial charge in [0.25, 0.3) is 0 Å². The minimum absolute atomic E-state index is 0.323. The molecule has 0 bridgehead atoms. The summed E-state index contributed by atoms with van der Waals surface area (Å²) in [5, 5.41) is 0. The van der Waals surface area contributed by atoms with Gasteiger partial charge in [0.05, 0.1) is 0 Å². The van der Waals surface area contributed by atoms with Crippen LogP contribution in [-0.4, -0.2) is 0 Å². The van der Waals surface area contributed by atoms with E-state index in [-0.39, 0.29) is 6.04 Å². The lowest BCUT2D eigenvalue weighted by Crippen LogP contribution is -2.08. The fraction of sp³-hybridized carbons (Fsp3) is 0.333. The maximum Gasteiger partial charge on any atom is 0.163 e. The van der Waals surface area contributed by atoms with E-state index in [0.29, 0.717) is 5.56 Å². The van der Waals surface area contributed by atoms with Crippen molar-refractivity contribution in [3.63, 3.8) is 0 Å². The van der Waals surface area contributed by atoms with Gasteiger partial charge in [-0.05, 0) is 24.5 Å². The third kappa shape index (κ3) is 0.932. The van der Waals surface area contributed by atoms with Gasteiger partial charge in [0.15, 0.2) is 11.6 Å². The molecule has 0 unspecified atom stereocenters. The van der Waals surface area contributed by atoms with Gasteiger partial charge >= 0.3 is 0 Å². The number of aryl methyl sites for hydroxylation is 1. The molecule has 2 rings (SSSR count). The molecule has 1 aliphatic rings. The van der Waals surface area contributed by atoms with Gasteiger partial charge in [-0.15, -0.1) is 0 Å². The van der Waals surface area contributed by atoms with E-state index in [1.165, 1.54) is 0 Å². The second-order valence-electron chi connectivity index (χ2n) is 3.08. The monoisotopic (exact) mass is 169 g/mol. The summed E-state index contributed by atoms with van der Waals surface area (Å²) < 4.78 is 25.8. The molecule has 0 saturated carbocycles. The average Bonchev–Trinajstić information content (AvgIpc) is 2.41. The van der Waals surface area contributed by atoms with E-state index in [0.717, 1.165) is 24.5 Å². The van der Waals surface area contributed by atoms with Crippen LogP contribution in [0.4, 0.5) is 8.78 Å². The van der Waals surface area contributed by atoms with Gasteiger partial charge in [-0.3, -0.25) is 0 Å². The summed E-state index contributed by atoms with van der Waals surface area (Å²) in [6.45, 7) is 0. The first-order chi connectivity index (χ1) is 5.70. The number of fused-ring (bicyclic) bond motifs is 1. The molecule has 0 fully saturated rings. The van der Waals surface area contributed by atoms with Gasteiger partial charge in [-0.25, -0.2) is 8.78 Å². The minimum Gasteiger partial charge on any atom is -0.324 e. The Bertz CT molecular complexity index is 323. The zero-order valence-corrected chi connectivity index (χ0v) is 6.48. The molecular formula is C9H9F2N. The summed E-state index contributed by atoms with van der Waals surface area (Å²) in [6.07, 6.45) is 1.48. The molecule has 0 amide bonds. The van der Waals surface area contributed by atoms with Crippen LogP contribution in [0, 0.1) is 11.6 Å². The molecule has 1 nitrogen and oxygen atoms in total. The zero-order chi connectivity index (χ0) is 8.72. The van der Waals surface area contributed by atoms with Crippen LogP contribution in [0.2, 0.25) is 0 Å². The molecule has 0 aliphatic heterocycles. The van der Waals surface area contributed by atoms with E-state index in [4.69, 9.17) is 5.73 Å². The summed E-state index contributed by atoms with van der Waals surface area (Å²) >= 11 is 0. The quantitative estimate of drug-likeness (QED) is 0.630. The number of halogens is 2. The van der Waals surface area contributed by atoms with E-state index in [1.54, 1.807) is 6.07 Å². The predicted octanol–water partition coefficient (Wildman–Crippen LogP) is 1.91. The van der Waals surface area contributed by atoms with Crippen LogP contribution in [0.25, 0.3) is 0 Å². The predicted molar refractivity (Wildman–Crippen MR) is 41.6 cm³/mol. The van der Waals surface area contributed by atoms with Crippen LogP contribution < -0.4 is 5.73 Å². The van der Waals surface area contributed by atoms with Crippen molar-refractivity contribution >= 4 is 0 Å². The highest BCUT2D eigenvalue weighted by atomic mass is 19.2. The standard InChI is InChI=1S/C9H9F2N/c10-6-3-1-5-2-4-7(12)8(5)9(6)11/h1,3,7H,2,4,12H2/t7-/m1/s1. The van der Waals surface area contributed by atoms with Gasteiger partial charge in [-0.2, -0.15) is 0 Å². The molecule has 0 heterocycles. The van der Waals surface area contributed by atoms with Crippen molar-refractivity contribution in [3.05, 3.63) is 34.9 Å². The summed E-state index contributed by atoms with van der Waals surface area (Å²) in [4.78, 5) is 0. The lowest BCUT2D eigenvalue weighted by atomic mass is 10.1. The molecule has 0 radical (unpaired) electrons. The fourth-order valence-electron chi connectivity index (χ4n) is 1.68. The zero-order valence-electron chi connectivity index (χ0n) is 6.48. The summed E-state index contributed by atoms with van der Waals surface area (Å²) in [7, 11) is 0. The SMILES string of the molecule is N[C@@H]1CCc2ccc(F)c(F)c21. The van der Waals surface area contributed by atoms with Crippen molar-refractivity contribution in [2.75, 3.05) is 0 Å². The van der Waals surface area contributed by atoms with E-state index in [9.17, 15) is 8.78 Å². The minimum atomic E-state index is -0.800. The van der Waals surface area contributed by atoms with Crippen molar-refractivity contribution in [3.8, 4) is 0 Å². The number of hydrogen-bond donors (Lipinski definition) is 1. The first-order valence-electron chi connectivity index (χ1n) is 3.92. The fourth-order valence-corrected chi connectivity index (χ4v) is 1.68. The molecule has 12 heavy (non-hydrogen) atoms. The summed E-state index contributed by atoms with van der Waals surface area (Å²) in [5.41, 5.74) is 6.83. The lowest BCUT2D eigenvalue weighted by Gasteiger charge is -2.05. The molecule has 1 aliphatic carbocycles. The summed E-state index contributed by atoms with van der Waals surface area (Å²) in [6, 6.07) is 2.45. The Labute approximate surface area is 69.2 Å². The Morgan fingerprint density at radius 1 is 1.33 bits per heavy atom. The van der Waals surface area contributed by atoms with E-state index in [1.807, 2.05) is 0 Å². The molecule has 0 spiro atoms. The van der Waals surface area contributed by atoms with Crippen LogP contribution in [0.1, 0.15) is 23.6 Å². The Morgan fingerprint density at radius 3 is 2.83 bits per heavy atom. The van der Waals surface area contributed by atoms with Gasteiger partial charge in [0, 0.05) is 11.6 Å². The molecule has 64 valence electrons. The second-order valence-corrected chi connectivity index (χ2v) is 3.08. The highest BCUT2D eigenvalue weighted by Gasteiger charge is 2.24. The van der Waals surface area contributed by atoms with Crippen molar-refractivity contribution in [1.29, 1.82) is 0 Å². The number of nitrogens with two attached hydrogens (primary N) is 1. The van der Waals surface area contributed by atoms with Crippen molar-refractivity contribution < 1.29 is 8.78 Å². The second kappa shape index (κ2) is 2.52. The van der Waals surface area contributed by atoms with Crippen LogP contribution in [0.5, 0.6) is 0 Å². The van der Waals surface area contributed by atoms with Crippen molar-refractivity contribution in [2.45, 2.75) is 18.9 Å². The third-order valence-corrected chi connectivity index (χ3v) is 2.32. The van der Waals surface area contributed by atoms with Gasteiger partial charge in [0.1, 0.15) is 0 Å². The lowest BCUT2D eigenvalue weighted by molar-refractivity contribution is 0.492. The first kappa shape index (κ1) is 7.68. The van der Waals surface area contributed by atoms with Crippen LogP contribution >= 0.6 is 0 Å². The van der Waals surface area contributed by atoms with Gasteiger partial charge in [-0.1, -0.05) is 6.07 Å². The molecule has 0 saturated heterocycles. The van der Waals surface area contributed by atoms with E-state index in [2.05, 4.69) is 0 Å². The largest absolute Gasteiger partial charge is 0.324 e. The third-order valence-electron chi connectivity index (χ3n) is 2.32. The first-order valence-corrected chi connectivity index (χ1v) is 3.92. The smallest absolute Gasteiger partial charge is 0.163 e. The highest BCUT2D eigenvalue weighted by molar-refractivity contribution is 5.36. The number of benzene rings is 1. The summed E-state index contributed by atoms with van der Waals surface area (Å²) in [5.74, 6) is -1.57. The molecule has 2 N–H and O–H groups in total. The molecule has 1 aromatic rings.